The Balaban J connectivity index is 3.43. The molecule has 0 spiro atoms. The van der Waals surface area contributed by atoms with Crippen molar-refractivity contribution in [1.82, 2.24) is 4.90 Å². The van der Waals surface area contributed by atoms with Crippen molar-refractivity contribution in [3.8, 4) is 0 Å². The average Bonchev–Trinajstić information content (AvgIpc) is 2.27. The maximum Gasteiger partial charge on any atom is 0.257 e. The van der Waals surface area contributed by atoms with Gasteiger partial charge in [0.1, 0.15) is 5.82 Å². The summed E-state index contributed by atoms with van der Waals surface area (Å²) in [7, 11) is -4.00. The Hall–Kier alpha value is -1.47. The zero-order valence-electron chi connectivity index (χ0n) is 12.0. The van der Waals surface area contributed by atoms with Crippen LogP contribution in [0.25, 0.3) is 0 Å². The lowest BCUT2D eigenvalue weighted by Crippen LogP contribution is -2.37. The summed E-state index contributed by atoms with van der Waals surface area (Å²) in [5, 5.41) is 5.07. The molecule has 0 aromatic heterocycles. The van der Waals surface area contributed by atoms with Crippen molar-refractivity contribution in [2.45, 2.75) is 38.6 Å². The van der Waals surface area contributed by atoms with Gasteiger partial charge in [-0.05, 0) is 45.4 Å². The minimum atomic E-state index is -4.00. The Morgan fingerprint density at radius 1 is 1.40 bits per heavy atom. The van der Waals surface area contributed by atoms with Crippen LogP contribution in [-0.4, -0.2) is 31.8 Å². The molecule has 1 aromatic rings. The van der Waals surface area contributed by atoms with Crippen molar-refractivity contribution < 1.29 is 17.6 Å². The van der Waals surface area contributed by atoms with Crippen molar-refractivity contribution in [2.75, 3.05) is 6.54 Å². The molecule has 0 heterocycles. The fraction of sp³-hybridized carbons (Fsp3) is 0.462. The first-order chi connectivity index (χ1) is 9.09. The first-order valence-electron chi connectivity index (χ1n) is 6.23. The van der Waals surface area contributed by atoms with Gasteiger partial charge < -0.3 is 4.90 Å². The molecule has 7 heteroatoms. The van der Waals surface area contributed by atoms with E-state index in [0.717, 1.165) is 12.1 Å². The van der Waals surface area contributed by atoms with Crippen molar-refractivity contribution in [3.63, 3.8) is 0 Å². The van der Waals surface area contributed by atoms with E-state index in [4.69, 9.17) is 5.14 Å². The summed E-state index contributed by atoms with van der Waals surface area (Å²) < 4.78 is 36.8. The number of benzene rings is 1. The largest absolute Gasteiger partial charge is 0.336 e. The van der Waals surface area contributed by atoms with E-state index in [1.807, 2.05) is 0 Å². The number of aryl methyl sites for hydroxylation is 1. The third-order valence-electron chi connectivity index (χ3n) is 3.03. The van der Waals surface area contributed by atoms with Crippen molar-refractivity contribution >= 4 is 15.9 Å². The Morgan fingerprint density at radius 3 is 2.35 bits per heavy atom. The Bertz CT molecular complexity index is 627. The third-order valence-corrected chi connectivity index (χ3v) is 4.08. The second-order valence-electron chi connectivity index (χ2n) is 4.83. The SMILES string of the molecule is CCN(C(=O)c1cc(S(N)(=O)=O)c(C)cc1F)C(C)C. The highest BCUT2D eigenvalue weighted by molar-refractivity contribution is 7.89. The first-order valence-corrected chi connectivity index (χ1v) is 7.78. The summed E-state index contributed by atoms with van der Waals surface area (Å²) in [6.45, 7) is 7.19. The van der Waals surface area contributed by atoms with Gasteiger partial charge in [-0.1, -0.05) is 0 Å². The fourth-order valence-electron chi connectivity index (χ4n) is 2.02. The summed E-state index contributed by atoms with van der Waals surface area (Å²) >= 11 is 0. The van der Waals surface area contributed by atoms with Crippen LogP contribution in [-0.2, 0) is 10.0 Å². The van der Waals surface area contributed by atoms with Crippen LogP contribution in [0.2, 0.25) is 0 Å². The van der Waals surface area contributed by atoms with Gasteiger partial charge in [0.15, 0.2) is 0 Å². The summed E-state index contributed by atoms with van der Waals surface area (Å²) in [6, 6.07) is 1.90. The molecule has 0 atom stereocenters. The van der Waals surface area contributed by atoms with E-state index in [-0.39, 0.29) is 22.1 Å². The van der Waals surface area contributed by atoms with E-state index in [1.165, 1.54) is 11.8 Å². The lowest BCUT2D eigenvalue weighted by molar-refractivity contribution is 0.0712. The van der Waals surface area contributed by atoms with E-state index in [0.29, 0.717) is 6.54 Å². The Kier molecular flexibility index (Phi) is 4.88. The molecule has 20 heavy (non-hydrogen) atoms. The quantitative estimate of drug-likeness (QED) is 0.918. The molecule has 5 nitrogen and oxygen atoms in total. The highest BCUT2D eigenvalue weighted by Gasteiger charge is 2.24. The predicted octanol–water partition coefficient (Wildman–Crippen LogP) is 1.65. The molecule has 0 aliphatic rings. The average molecular weight is 302 g/mol. The molecule has 0 bridgehead atoms. The minimum absolute atomic E-state index is 0.119. The van der Waals surface area contributed by atoms with Gasteiger partial charge in [-0.15, -0.1) is 0 Å². The summed E-state index contributed by atoms with van der Waals surface area (Å²) in [4.78, 5) is 13.5. The van der Waals surface area contributed by atoms with Gasteiger partial charge in [-0.2, -0.15) is 0 Å². The van der Waals surface area contributed by atoms with Crippen LogP contribution in [0, 0.1) is 12.7 Å². The number of amides is 1. The molecule has 0 saturated carbocycles. The Labute approximate surface area is 118 Å². The number of carbonyl (C=O) groups is 1. The van der Waals surface area contributed by atoms with Crippen molar-refractivity contribution in [1.29, 1.82) is 0 Å². The third kappa shape index (κ3) is 3.34. The van der Waals surface area contributed by atoms with E-state index in [9.17, 15) is 17.6 Å². The van der Waals surface area contributed by atoms with Crippen LogP contribution in [0.5, 0.6) is 0 Å². The van der Waals surface area contributed by atoms with Crippen LogP contribution >= 0.6 is 0 Å². The van der Waals surface area contributed by atoms with Crippen LogP contribution < -0.4 is 5.14 Å². The van der Waals surface area contributed by atoms with Gasteiger partial charge in [0.2, 0.25) is 10.0 Å². The fourth-order valence-corrected chi connectivity index (χ4v) is 2.81. The zero-order chi connectivity index (χ0) is 15.7. The molecule has 1 amide bonds. The standard InChI is InChI=1S/C13H19FN2O3S/c1-5-16(8(2)3)13(17)10-7-12(20(15,18)19)9(4)6-11(10)14/h6-8H,5H2,1-4H3,(H2,15,18,19). The number of carbonyl (C=O) groups excluding carboxylic acids is 1. The predicted molar refractivity (Wildman–Crippen MR) is 74.4 cm³/mol. The normalized spacial score (nSPS) is 11.8. The zero-order valence-corrected chi connectivity index (χ0v) is 12.8. The number of primary sulfonamides is 1. The summed E-state index contributed by atoms with van der Waals surface area (Å²) in [5.74, 6) is -1.30. The number of rotatable bonds is 4. The molecule has 1 rings (SSSR count). The molecule has 0 aliphatic heterocycles. The molecule has 0 saturated heterocycles. The minimum Gasteiger partial charge on any atom is -0.336 e. The number of hydrogen-bond acceptors (Lipinski definition) is 3. The maximum absolute atomic E-state index is 13.9. The number of nitrogens with two attached hydrogens (primary N) is 1. The van der Waals surface area contributed by atoms with E-state index >= 15 is 0 Å². The lowest BCUT2D eigenvalue weighted by atomic mass is 10.1. The molecule has 0 unspecified atom stereocenters. The highest BCUT2D eigenvalue weighted by atomic mass is 32.2. The second-order valence-corrected chi connectivity index (χ2v) is 6.36. The lowest BCUT2D eigenvalue weighted by Gasteiger charge is -2.25. The maximum atomic E-state index is 13.9. The van der Waals surface area contributed by atoms with E-state index in [2.05, 4.69) is 0 Å². The smallest absolute Gasteiger partial charge is 0.257 e. The summed E-state index contributed by atoms with van der Waals surface area (Å²) in [6.07, 6.45) is 0. The molecular formula is C13H19FN2O3S. The molecular weight excluding hydrogens is 283 g/mol. The molecule has 0 radical (unpaired) electrons. The van der Waals surface area contributed by atoms with Gasteiger partial charge in [0.05, 0.1) is 10.5 Å². The van der Waals surface area contributed by atoms with Crippen LogP contribution in [0.1, 0.15) is 36.7 Å². The molecule has 112 valence electrons. The van der Waals surface area contributed by atoms with Gasteiger partial charge in [0.25, 0.3) is 5.91 Å². The number of nitrogens with zero attached hydrogens (tertiary/aromatic N) is 1. The van der Waals surface area contributed by atoms with Gasteiger partial charge >= 0.3 is 0 Å². The molecule has 0 fully saturated rings. The topological polar surface area (TPSA) is 80.5 Å². The van der Waals surface area contributed by atoms with Crippen molar-refractivity contribution in [3.05, 3.63) is 29.1 Å². The van der Waals surface area contributed by atoms with Crippen LogP contribution in [0.3, 0.4) is 0 Å². The van der Waals surface area contributed by atoms with Crippen LogP contribution in [0.15, 0.2) is 17.0 Å². The highest BCUT2D eigenvalue weighted by Crippen LogP contribution is 2.21. The number of halogens is 1. The van der Waals surface area contributed by atoms with Crippen molar-refractivity contribution in [2.24, 2.45) is 5.14 Å². The Morgan fingerprint density at radius 2 is 1.95 bits per heavy atom. The monoisotopic (exact) mass is 302 g/mol. The van der Waals surface area contributed by atoms with Gasteiger partial charge in [-0.3, -0.25) is 4.79 Å². The first kappa shape index (κ1) is 16.6. The van der Waals surface area contributed by atoms with Crippen LogP contribution in [0.4, 0.5) is 4.39 Å². The number of sulfonamides is 1. The molecule has 2 N–H and O–H groups in total. The molecule has 1 aromatic carbocycles. The van der Waals surface area contributed by atoms with E-state index < -0.39 is 21.7 Å². The molecule has 0 aliphatic carbocycles. The number of hydrogen-bond donors (Lipinski definition) is 1. The van der Waals surface area contributed by atoms with E-state index in [1.54, 1.807) is 20.8 Å². The van der Waals surface area contributed by atoms with Gasteiger partial charge in [-0.25, -0.2) is 17.9 Å². The summed E-state index contributed by atoms with van der Waals surface area (Å²) in [5.41, 5.74) is -0.107. The van der Waals surface area contributed by atoms with Gasteiger partial charge in [0, 0.05) is 12.6 Å². The second kappa shape index (κ2) is 5.88.